The normalized spacial score (nSPS) is 11.1. The van der Waals surface area contributed by atoms with E-state index in [1.54, 1.807) is 24.3 Å². The molecule has 3 aromatic carbocycles. The SMILES string of the molecule is COc1cccc(C=C(C#N)c2nc3ccccc3[nH]2)c1Oc1ccc([N+](=O)[O-])cc1[N+](=O)[O-]. The average Bonchev–Trinajstić information content (AvgIpc) is 3.27. The number of non-ortho nitro benzene ring substituents is 1. The number of nitriles is 1. The lowest BCUT2D eigenvalue weighted by Gasteiger charge is -2.13. The fourth-order valence-electron chi connectivity index (χ4n) is 3.26. The minimum absolute atomic E-state index is 0.0887. The molecule has 0 bridgehead atoms. The fraction of sp³-hybridized carbons (Fsp3) is 0.0435. The highest BCUT2D eigenvalue weighted by atomic mass is 16.6. The van der Waals surface area contributed by atoms with Gasteiger partial charge < -0.3 is 14.5 Å². The Labute approximate surface area is 191 Å². The Kier molecular flexibility index (Phi) is 5.88. The Bertz CT molecular complexity index is 1470. The number of methoxy groups -OCH3 is 1. The summed E-state index contributed by atoms with van der Waals surface area (Å²) in [5.74, 6) is 0.435. The number of imidazole rings is 1. The number of para-hydroxylation sites is 3. The van der Waals surface area contributed by atoms with Gasteiger partial charge in [-0.25, -0.2) is 4.98 Å². The van der Waals surface area contributed by atoms with E-state index in [1.165, 1.54) is 13.2 Å². The first kappa shape index (κ1) is 22.0. The number of H-pyrrole nitrogens is 1. The number of nitrogens with one attached hydrogen (secondary N) is 1. The van der Waals surface area contributed by atoms with Crippen molar-refractivity contribution < 1.29 is 19.3 Å². The molecule has 0 aliphatic carbocycles. The second-order valence-corrected chi connectivity index (χ2v) is 6.92. The lowest BCUT2D eigenvalue weighted by molar-refractivity contribution is -0.394. The summed E-state index contributed by atoms with van der Waals surface area (Å²) in [5.41, 5.74) is 0.963. The molecule has 168 valence electrons. The molecule has 0 atom stereocenters. The van der Waals surface area contributed by atoms with Gasteiger partial charge in [-0.1, -0.05) is 24.3 Å². The maximum atomic E-state index is 11.5. The van der Waals surface area contributed by atoms with E-state index in [4.69, 9.17) is 9.47 Å². The molecule has 0 aliphatic heterocycles. The number of aromatic nitrogens is 2. The summed E-state index contributed by atoms with van der Waals surface area (Å²) in [7, 11) is 1.39. The second-order valence-electron chi connectivity index (χ2n) is 6.92. The van der Waals surface area contributed by atoms with E-state index < -0.39 is 21.2 Å². The van der Waals surface area contributed by atoms with Crippen molar-refractivity contribution in [3.05, 3.63) is 92.3 Å². The van der Waals surface area contributed by atoms with E-state index in [2.05, 4.69) is 16.0 Å². The van der Waals surface area contributed by atoms with Crippen molar-refractivity contribution in [2.24, 2.45) is 0 Å². The number of fused-ring (bicyclic) bond motifs is 1. The van der Waals surface area contributed by atoms with Crippen molar-refractivity contribution in [1.82, 2.24) is 9.97 Å². The summed E-state index contributed by atoms with van der Waals surface area (Å²) in [6.45, 7) is 0. The quantitative estimate of drug-likeness (QED) is 0.224. The highest BCUT2D eigenvalue weighted by molar-refractivity contribution is 5.91. The largest absolute Gasteiger partial charge is 0.493 e. The van der Waals surface area contributed by atoms with Crippen LogP contribution < -0.4 is 9.47 Å². The molecule has 0 saturated carbocycles. The van der Waals surface area contributed by atoms with Gasteiger partial charge in [0.25, 0.3) is 5.69 Å². The van der Waals surface area contributed by atoms with Crippen LogP contribution in [-0.4, -0.2) is 26.9 Å². The van der Waals surface area contributed by atoms with Crippen LogP contribution in [0.3, 0.4) is 0 Å². The summed E-state index contributed by atoms with van der Waals surface area (Å²) in [4.78, 5) is 28.5. The standard InChI is InChI=1S/C23H15N5O6/c1-33-21-8-4-5-14(11-15(13-24)23-25-17-6-2-3-7-18(17)26-23)22(21)34-20-10-9-16(27(29)30)12-19(20)28(31)32/h2-12H,1H3,(H,25,26). The van der Waals surface area contributed by atoms with Crippen LogP contribution in [0.25, 0.3) is 22.7 Å². The topological polar surface area (TPSA) is 157 Å². The molecule has 0 fully saturated rings. The molecule has 1 aromatic heterocycles. The Morgan fingerprint density at radius 3 is 2.53 bits per heavy atom. The van der Waals surface area contributed by atoms with Crippen LogP contribution in [0.4, 0.5) is 11.4 Å². The monoisotopic (exact) mass is 457 g/mol. The Balaban J connectivity index is 1.82. The molecule has 0 unspecified atom stereocenters. The van der Waals surface area contributed by atoms with Gasteiger partial charge in [0, 0.05) is 11.6 Å². The molecular weight excluding hydrogens is 442 g/mol. The third-order valence-electron chi connectivity index (χ3n) is 4.86. The first-order valence-electron chi connectivity index (χ1n) is 9.76. The van der Waals surface area contributed by atoms with Crippen molar-refractivity contribution in [3.63, 3.8) is 0 Å². The van der Waals surface area contributed by atoms with E-state index in [1.807, 2.05) is 18.2 Å². The molecule has 0 radical (unpaired) electrons. The van der Waals surface area contributed by atoms with Crippen molar-refractivity contribution in [1.29, 1.82) is 5.26 Å². The third-order valence-corrected chi connectivity index (χ3v) is 4.86. The number of nitrogens with zero attached hydrogens (tertiary/aromatic N) is 4. The number of nitro benzene ring substituents is 2. The van der Waals surface area contributed by atoms with Gasteiger partial charge in [-0.15, -0.1) is 0 Å². The molecule has 0 spiro atoms. The van der Waals surface area contributed by atoms with Crippen molar-refractivity contribution in [2.75, 3.05) is 7.11 Å². The maximum Gasteiger partial charge on any atom is 0.318 e. The zero-order chi connectivity index (χ0) is 24.2. The van der Waals surface area contributed by atoms with Gasteiger partial charge in [-0.3, -0.25) is 20.2 Å². The zero-order valence-electron chi connectivity index (χ0n) is 17.6. The summed E-state index contributed by atoms with van der Waals surface area (Å²) in [5, 5.41) is 32.3. The lowest BCUT2D eigenvalue weighted by atomic mass is 10.1. The lowest BCUT2D eigenvalue weighted by Crippen LogP contribution is -1.98. The van der Waals surface area contributed by atoms with Crippen LogP contribution in [0.2, 0.25) is 0 Å². The van der Waals surface area contributed by atoms with Gasteiger partial charge in [-0.2, -0.15) is 5.26 Å². The van der Waals surface area contributed by atoms with E-state index in [-0.39, 0.29) is 22.8 Å². The molecule has 11 nitrogen and oxygen atoms in total. The number of rotatable bonds is 7. The van der Waals surface area contributed by atoms with Gasteiger partial charge in [0.05, 0.1) is 39.6 Å². The van der Waals surface area contributed by atoms with Crippen LogP contribution >= 0.6 is 0 Å². The average molecular weight is 457 g/mol. The Morgan fingerprint density at radius 2 is 1.85 bits per heavy atom. The minimum atomic E-state index is -0.775. The molecule has 0 saturated heterocycles. The van der Waals surface area contributed by atoms with E-state index >= 15 is 0 Å². The minimum Gasteiger partial charge on any atom is -0.493 e. The van der Waals surface area contributed by atoms with Crippen LogP contribution in [0, 0.1) is 31.6 Å². The third kappa shape index (κ3) is 4.23. The molecule has 0 aliphatic rings. The molecular formula is C23H15N5O6. The molecule has 0 amide bonds. The molecule has 11 heteroatoms. The summed E-state index contributed by atoms with van der Waals surface area (Å²) < 4.78 is 11.2. The summed E-state index contributed by atoms with van der Waals surface area (Å²) >= 11 is 0. The van der Waals surface area contributed by atoms with Gasteiger partial charge in [0.2, 0.25) is 5.75 Å². The summed E-state index contributed by atoms with van der Waals surface area (Å²) in [6, 6.07) is 17.3. The molecule has 4 aromatic rings. The number of hydrogen-bond donors (Lipinski definition) is 1. The number of hydrogen-bond acceptors (Lipinski definition) is 8. The number of benzene rings is 3. The number of allylic oxidation sites excluding steroid dienone is 1. The summed E-state index contributed by atoms with van der Waals surface area (Å²) in [6.07, 6.45) is 1.51. The molecule has 34 heavy (non-hydrogen) atoms. The fourth-order valence-corrected chi connectivity index (χ4v) is 3.26. The predicted octanol–water partition coefficient (Wildman–Crippen LogP) is 5.24. The second kappa shape index (κ2) is 9.09. The van der Waals surface area contributed by atoms with Crippen molar-refractivity contribution in [3.8, 4) is 23.3 Å². The van der Waals surface area contributed by atoms with Gasteiger partial charge in [0.15, 0.2) is 11.5 Å². The first-order chi connectivity index (χ1) is 16.4. The number of nitro groups is 2. The van der Waals surface area contributed by atoms with Crippen LogP contribution in [0.1, 0.15) is 11.4 Å². The van der Waals surface area contributed by atoms with Crippen molar-refractivity contribution in [2.45, 2.75) is 0 Å². The van der Waals surface area contributed by atoms with Crippen LogP contribution in [-0.2, 0) is 0 Å². The maximum absolute atomic E-state index is 11.5. The smallest absolute Gasteiger partial charge is 0.318 e. The van der Waals surface area contributed by atoms with Gasteiger partial charge >= 0.3 is 5.69 Å². The van der Waals surface area contributed by atoms with E-state index in [9.17, 15) is 25.5 Å². The van der Waals surface area contributed by atoms with Crippen LogP contribution in [0.15, 0.2) is 60.7 Å². The number of aromatic amines is 1. The van der Waals surface area contributed by atoms with E-state index in [0.29, 0.717) is 16.9 Å². The highest BCUT2D eigenvalue weighted by Crippen LogP contribution is 2.41. The predicted molar refractivity (Wildman–Crippen MR) is 122 cm³/mol. The molecule has 1 N–H and O–H groups in total. The molecule has 4 rings (SSSR count). The van der Waals surface area contributed by atoms with Crippen LogP contribution in [0.5, 0.6) is 17.2 Å². The zero-order valence-corrected chi connectivity index (χ0v) is 17.6. The van der Waals surface area contributed by atoms with E-state index in [0.717, 1.165) is 23.7 Å². The molecule has 1 heterocycles. The van der Waals surface area contributed by atoms with Gasteiger partial charge in [0.1, 0.15) is 11.9 Å². The van der Waals surface area contributed by atoms with Crippen molar-refractivity contribution >= 4 is 34.1 Å². The Hall–Kier alpha value is -5.24. The highest BCUT2D eigenvalue weighted by Gasteiger charge is 2.23. The van der Waals surface area contributed by atoms with Gasteiger partial charge in [-0.05, 0) is 30.3 Å². The Morgan fingerprint density at radius 1 is 1.06 bits per heavy atom. The first-order valence-corrected chi connectivity index (χ1v) is 9.76. The number of ether oxygens (including phenoxy) is 2.